The third kappa shape index (κ3) is 4.18. The van der Waals surface area contributed by atoms with E-state index in [4.69, 9.17) is 4.74 Å². The van der Waals surface area contributed by atoms with E-state index in [-0.39, 0.29) is 11.6 Å². The Morgan fingerprint density at radius 1 is 0.700 bits per heavy atom. The van der Waals surface area contributed by atoms with Crippen molar-refractivity contribution in [1.82, 2.24) is 4.57 Å². The van der Waals surface area contributed by atoms with E-state index in [0.717, 1.165) is 27.6 Å². The van der Waals surface area contributed by atoms with Crippen LogP contribution in [0.2, 0.25) is 0 Å². The maximum Gasteiger partial charge on any atom is 0.178 e. The highest BCUT2D eigenvalue weighted by molar-refractivity contribution is 6.30. The highest BCUT2D eigenvalue weighted by Crippen LogP contribution is 2.37. The van der Waals surface area contributed by atoms with Crippen LogP contribution in [-0.2, 0) is 13.2 Å². The van der Waals surface area contributed by atoms with Crippen LogP contribution in [0.15, 0.2) is 115 Å². The van der Waals surface area contributed by atoms with Gasteiger partial charge in [-0.3, -0.25) is 9.59 Å². The molecule has 7 rings (SSSR count). The van der Waals surface area contributed by atoms with Gasteiger partial charge in [-0.1, -0.05) is 78.9 Å². The summed E-state index contributed by atoms with van der Waals surface area (Å²) in [5.74, 6) is -0.583. The van der Waals surface area contributed by atoms with E-state index in [9.17, 15) is 9.59 Å². The van der Waals surface area contributed by atoms with Crippen LogP contribution in [0.5, 0.6) is 5.75 Å². The first kappa shape index (κ1) is 24.1. The topological polar surface area (TPSA) is 48.3 Å². The molecule has 40 heavy (non-hydrogen) atoms. The number of ether oxygens (including phenoxy) is 1. The van der Waals surface area contributed by atoms with E-state index >= 15 is 0 Å². The molecule has 0 N–H and O–H groups in total. The molecule has 1 heterocycles. The molecule has 0 spiro atoms. The minimum atomic E-state index is -0.840. The SMILES string of the molecule is Cc1cn(Cc2ccc3ccccc3c2)c2cc(C3C(=O)c4ccc(OCc5ccccc5)cc4C3=O)ccc12. The number of hydrogen-bond acceptors (Lipinski definition) is 3. The first-order valence-electron chi connectivity index (χ1n) is 13.5. The van der Waals surface area contributed by atoms with Crippen molar-refractivity contribution in [2.45, 2.75) is 26.0 Å². The molecule has 0 aliphatic heterocycles. The lowest BCUT2D eigenvalue weighted by Gasteiger charge is -2.11. The smallest absolute Gasteiger partial charge is 0.178 e. The third-order valence-corrected chi connectivity index (χ3v) is 7.90. The summed E-state index contributed by atoms with van der Waals surface area (Å²) in [7, 11) is 0. The molecule has 0 saturated heterocycles. The Morgan fingerprint density at radius 2 is 1.48 bits per heavy atom. The number of aromatic nitrogens is 1. The van der Waals surface area contributed by atoms with Crippen molar-refractivity contribution in [3.05, 3.63) is 149 Å². The monoisotopic (exact) mass is 521 g/mol. The Bertz CT molecular complexity index is 1930. The summed E-state index contributed by atoms with van der Waals surface area (Å²) in [4.78, 5) is 27.1. The maximum absolute atomic E-state index is 13.6. The second-order valence-electron chi connectivity index (χ2n) is 10.5. The summed E-state index contributed by atoms with van der Waals surface area (Å²) in [5, 5.41) is 3.55. The minimum absolute atomic E-state index is 0.154. The number of carbonyl (C=O) groups is 2. The fourth-order valence-electron chi connectivity index (χ4n) is 5.84. The van der Waals surface area contributed by atoms with Crippen LogP contribution in [0, 0.1) is 6.92 Å². The van der Waals surface area contributed by atoms with Crippen molar-refractivity contribution < 1.29 is 14.3 Å². The Balaban J connectivity index is 1.19. The molecule has 4 heteroatoms. The van der Waals surface area contributed by atoms with E-state index in [2.05, 4.69) is 60.2 Å². The van der Waals surface area contributed by atoms with E-state index in [1.807, 2.05) is 48.5 Å². The molecule has 6 aromatic rings. The number of hydrogen-bond donors (Lipinski definition) is 0. The summed E-state index contributed by atoms with van der Waals surface area (Å²) in [6.07, 6.45) is 2.15. The molecule has 1 atom stereocenters. The van der Waals surface area contributed by atoms with Crippen LogP contribution < -0.4 is 4.74 Å². The zero-order chi connectivity index (χ0) is 27.2. The summed E-state index contributed by atoms with van der Waals surface area (Å²) in [6.45, 7) is 3.19. The number of carbonyl (C=O) groups excluding carboxylic acids is 2. The average molecular weight is 522 g/mol. The lowest BCUT2D eigenvalue weighted by Crippen LogP contribution is -2.13. The van der Waals surface area contributed by atoms with Crippen LogP contribution >= 0.6 is 0 Å². The minimum Gasteiger partial charge on any atom is -0.489 e. The summed E-state index contributed by atoms with van der Waals surface area (Å²) < 4.78 is 8.15. The lowest BCUT2D eigenvalue weighted by atomic mass is 9.93. The first-order valence-corrected chi connectivity index (χ1v) is 13.5. The number of Topliss-reactive ketones (excluding diaryl/α,β-unsaturated/α-hetero) is 2. The molecule has 0 fully saturated rings. The molecule has 0 bridgehead atoms. The predicted octanol–water partition coefficient (Wildman–Crippen LogP) is 7.89. The van der Waals surface area contributed by atoms with Crippen molar-refractivity contribution in [2.75, 3.05) is 0 Å². The highest BCUT2D eigenvalue weighted by atomic mass is 16.5. The third-order valence-electron chi connectivity index (χ3n) is 7.90. The standard InChI is InChI=1S/C36H27NO3/c1-23-20-37(21-25-11-12-26-9-5-6-10-27(26)17-25)33-18-28(13-15-30(23)33)34-35(38)31-16-14-29(19-32(31)36(34)39)40-22-24-7-3-2-4-8-24/h2-20,34H,21-22H2,1H3. The molecule has 1 aromatic heterocycles. The fraction of sp³-hybridized carbons (Fsp3) is 0.111. The van der Waals surface area contributed by atoms with Gasteiger partial charge in [0.15, 0.2) is 11.6 Å². The molecule has 1 aliphatic rings. The van der Waals surface area contributed by atoms with E-state index < -0.39 is 5.92 Å². The van der Waals surface area contributed by atoms with Gasteiger partial charge in [-0.05, 0) is 70.3 Å². The molecule has 1 aliphatic carbocycles. The Kier molecular flexibility index (Phi) is 5.82. The van der Waals surface area contributed by atoms with Crippen LogP contribution in [0.3, 0.4) is 0 Å². The lowest BCUT2D eigenvalue weighted by molar-refractivity contribution is 0.0890. The number of aryl methyl sites for hydroxylation is 1. The van der Waals surface area contributed by atoms with Crippen molar-refractivity contribution >= 4 is 33.2 Å². The molecule has 5 aromatic carbocycles. The van der Waals surface area contributed by atoms with Gasteiger partial charge in [0.25, 0.3) is 0 Å². The van der Waals surface area contributed by atoms with Crippen LogP contribution in [0.4, 0.5) is 0 Å². The number of benzene rings is 5. The molecule has 0 radical (unpaired) electrons. The molecule has 0 saturated carbocycles. The Hall–Kier alpha value is -4.96. The molecular formula is C36H27NO3. The van der Waals surface area contributed by atoms with Gasteiger partial charge in [-0.2, -0.15) is 0 Å². The van der Waals surface area contributed by atoms with E-state index in [0.29, 0.717) is 30.0 Å². The van der Waals surface area contributed by atoms with Crippen molar-refractivity contribution in [3.63, 3.8) is 0 Å². The van der Waals surface area contributed by atoms with Gasteiger partial charge >= 0.3 is 0 Å². The Labute approximate surface area is 232 Å². The molecular weight excluding hydrogens is 494 g/mol. The van der Waals surface area contributed by atoms with Crippen molar-refractivity contribution in [2.24, 2.45) is 0 Å². The highest BCUT2D eigenvalue weighted by Gasteiger charge is 2.40. The number of nitrogens with zero attached hydrogens (tertiary/aromatic N) is 1. The van der Waals surface area contributed by atoms with E-state index in [1.165, 1.54) is 16.3 Å². The first-order chi connectivity index (χ1) is 19.5. The van der Waals surface area contributed by atoms with Crippen LogP contribution in [-0.4, -0.2) is 16.1 Å². The normalized spacial score (nSPS) is 14.7. The number of fused-ring (bicyclic) bond motifs is 3. The average Bonchev–Trinajstić information content (AvgIpc) is 3.43. The van der Waals surface area contributed by atoms with Crippen LogP contribution in [0.25, 0.3) is 21.7 Å². The van der Waals surface area contributed by atoms with E-state index in [1.54, 1.807) is 18.2 Å². The second-order valence-corrected chi connectivity index (χ2v) is 10.5. The van der Waals surface area contributed by atoms with Gasteiger partial charge in [0.1, 0.15) is 18.3 Å². The Morgan fingerprint density at radius 3 is 2.33 bits per heavy atom. The molecule has 1 unspecified atom stereocenters. The zero-order valence-corrected chi connectivity index (χ0v) is 22.1. The maximum atomic E-state index is 13.6. The van der Waals surface area contributed by atoms with Gasteiger partial charge in [0.05, 0.1) is 0 Å². The second kappa shape index (κ2) is 9.65. The van der Waals surface area contributed by atoms with Crippen molar-refractivity contribution in [1.29, 1.82) is 0 Å². The molecule has 4 nitrogen and oxygen atoms in total. The summed E-state index contributed by atoms with van der Waals surface area (Å²) >= 11 is 0. The van der Waals surface area contributed by atoms with Crippen molar-refractivity contribution in [3.8, 4) is 5.75 Å². The number of rotatable bonds is 6. The number of ketones is 2. The van der Waals surface area contributed by atoms with Gasteiger partial charge in [-0.25, -0.2) is 0 Å². The van der Waals surface area contributed by atoms with Crippen LogP contribution in [0.1, 0.15) is 48.9 Å². The summed E-state index contributed by atoms with van der Waals surface area (Å²) in [5.41, 5.74) is 6.04. The largest absolute Gasteiger partial charge is 0.489 e. The fourth-order valence-corrected chi connectivity index (χ4v) is 5.84. The predicted molar refractivity (Wildman–Crippen MR) is 158 cm³/mol. The molecule has 0 amide bonds. The van der Waals surface area contributed by atoms with Gasteiger partial charge in [0, 0.05) is 34.8 Å². The van der Waals surface area contributed by atoms with Gasteiger partial charge in [-0.15, -0.1) is 0 Å². The molecule has 194 valence electrons. The van der Waals surface area contributed by atoms with Gasteiger partial charge < -0.3 is 9.30 Å². The zero-order valence-electron chi connectivity index (χ0n) is 22.1. The van der Waals surface area contributed by atoms with Gasteiger partial charge in [0.2, 0.25) is 0 Å². The summed E-state index contributed by atoms with van der Waals surface area (Å²) in [6, 6.07) is 35.9. The quantitative estimate of drug-likeness (QED) is 0.209.